The van der Waals surface area contributed by atoms with Gasteiger partial charge in [-0.05, 0) is 36.5 Å². The number of carboxylic acid groups (broad SMARTS) is 1. The zero-order valence-electron chi connectivity index (χ0n) is 9.39. The first kappa shape index (κ1) is 12.1. The topological polar surface area (TPSA) is 72.6 Å². The normalized spacial score (nSPS) is 16.7. The van der Waals surface area contributed by atoms with Crippen molar-refractivity contribution in [1.82, 2.24) is 0 Å². The minimum atomic E-state index is -1.00. The molecule has 0 bridgehead atoms. The Morgan fingerprint density at radius 3 is 2.76 bits per heavy atom. The molecule has 0 aliphatic carbocycles. The van der Waals surface area contributed by atoms with Crippen molar-refractivity contribution in [3.05, 3.63) is 23.8 Å². The number of nitrogens with two attached hydrogens (primary N) is 1. The van der Waals surface area contributed by atoms with Gasteiger partial charge < -0.3 is 15.6 Å². The summed E-state index contributed by atoms with van der Waals surface area (Å²) in [6, 6.07) is 4.81. The number of rotatable bonds is 3. The zero-order chi connectivity index (χ0) is 12.3. The smallest absolute Gasteiger partial charge is 0.339 e. The van der Waals surface area contributed by atoms with Gasteiger partial charge in [0, 0.05) is 0 Å². The number of anilines is 1. The van der Waals surface area contributed by atoms with Crippen LogP contribution in [0.1, 0.15) is 23.2 Å². The Bertz CT molecular complexity index is 416. The molecule has 3 N–H and O–H groups in total. The second kappa shape index (κ2) is 5.31. The van der Waals surface area contributed by atoms with Crippen LogP contribution in [0.2, 0.25) is 0 Å². The van der Waals surface area contributed by atoms with E-state index in [1.165, 1.54) is 6.07 Å². The van der Waals surface area contributed by atoms with E-state index < -0.39 is 5.97 Å². The summed E-state index contributed by atoms with van der Waals surface area (Å²) in [6.45, 7) is 0. The summed E-state index contributed by atoms with van der Waals surface area (Å²) in [5.74, 6) is 1.42. The molecule has 92 valence electrons. The minimum absolute atomic E-state index is 0.0825. The van der Waals surface area contributed by atoms with Crippen molar-refractivity contribution in [2.45, 2.75) is 18.9 Å². The molecule has 1 aromatic carbocycles. The van der Waals surface area contributed by atoms with Crippen molar-refractivity contribution >= 4 is 23.4 Å². The molecule has 5 heteroatoms. The van der Waals surface area contributed by atoms with E-state index in [0.717, 1.165) is 24.3 Å². The lowest BCUT2D eigenvalue weighted by Crippen LogP contribution is -2.23. The molecular formula is C12H15NO3S. The molecule has 1 heterocycles. The van der Waals surface area contributed by atoms with Crippen LogP contribution in [-0.2, 0) is 0 Å². The van der Waals surface area contributed by atoms with Gasteiger partial charge in [-0.15, -0.1) is 0 Å². The van der Waals surface area contributed by atoms with Crippen LogP contribution in [0.25, 0.3) is 0 Å². The molecule has 4 nitrogen and oxygen atoms in total. The number of nitrogen functional groups attached to an aromatic ring is 1. The van der Waals surface area contributed by atoms with Gasteiger partial charge in [-0.3, -0.25) is 0 Å². The average molecular weight is 253 g/mol. The van der Waals surface area contributed by atoms with Crippen LogP contribution in [0.15, 0.2) is 18.2 Å². The highest BCUT2D eigenvalue weighted by Crippen LogP contribution is 2.30. The Kier molecular flexibility index (Phi) is 3.78. The predicted octanol–water partition coefficient (Wildman–Crippen LogP) is 2.24. The molecule has 0 atom stereocenters. The van der Waals surface area contributed by atoms with Crippen molar-refractivity contribution < 1.29 is 14.6 Å². The molecule has 1 aromatic rings. The zero-order valence-corrected chi connectivity index (χ0v) is 10.2. The second-order valence-electron chi connectivity index (χ2n) is 3.96. The molecule has 1 aliphatic heterocycles. The Hall–Kier alpha value is -1.36. The Labute approximate surface area is 104 Å². The number of ether oxygens (including phenoxy) is 1. The molecule has 0 unspecified atom stereocenters. The first-order valence-corrected chi connectivity index (χ1v) is 6.70. The average Bonchev–Trinajstić information content (AvgIpc) is 2.33. The Morgan fingerprint density at radius 1 is 1.41 bits per heavy atom. The lowest BCUT2D eigenvalue weighted by molar-refractivity contribution is 0.0688. The molecule has 2 rings (SSSR count). The maximum absolute atomic E-state index is 11.1. The molecule has 17 heavy (non-hydrogen) atoms. The number of hydrogen-bond donors (Lipinski definition) is 2. The second-order valence-corrected chi connectivity index (χ2v) is 5.18. The predicted molar refractivity (Wildman–Crippen MR) is 68.8 cm³/mol. The minimum Gasteiger partial charge on any atom is -0.487 e. The van der Waals surface area contributed by atoms with Crippen molar-refractivity contribution in [3.8, 4) is 5.75 Å². The van der Waals surface area contributed by atoms with Gasteiger partial charge in [-0.2, -0.15) is 11.8 Å². The summed E-state index contributed by atoms with van der Waals surface area (Å²) < 4.78 is 5.76. The fourth-order valence-corrected chi connectivity index (χ4v) is 2.88. The van der Waals surface area contributed by atoms with Crippen LogP contribution in [0.5, 0.6) is 5.75 Å². The van der Waals surface area contributed by atoms with Crippen molar-refractivity contribution in [2.75, 3.05) is 17.2 Å². The van der Waals surface area contributed by atoms with Crippen LogP contribution < -0.4 is 10.5 Å². The van der Waals surface area contributed by atoms with E-state index >= 15 is 0 Å². The fraction of sp³-hybridized carbons (Fsp3) is 0.417. The number of para-hydroxylation sites is 1. The van der Waals surface area contributed by atoms with Gasteiger partial charge in [0.05, 0.1) is 5.69 Å². The van der Waals surface area contributed by atoms with Crippen LogP contribution >= 0.6 is 11.8 Å². The third-order valence-electron chi connectivity index (χ3n) is 2.73. The van der Waals surface area contributed by atoms with Crippen molar-refractivity contribution in [3.63, 3.8) is 0 Å². The molecular weight excluding hydrogens is 238 g/mol. The molecule has 0 spiro atoms. The van der Waals surface area contributed by atoms with Crippen LogP contribution in [0, 0.1) is 0 Å². The van der Waals surface area contributed by atoms with Gasteiger partial charge in [0.25, 0.3) is 0 Å². The van der Waals surface area contributed by atoms with Crippen LogP contribution in [0.4, 0.5) is 5.69 Å². The van der Waals surface area contributed by atoms with E-state index in [0.29, 0.717) is 11.4 Å². The van der Waals surface area contributed by atoms with Crippen molar-refractivity contribution in [1.29, 1.82) is 0 Å². The van der Waals surface area contributed by atoms with E-state index in [2.05, 4.69) is 0 Å². The first-order valence-electron chi connectivity index (χ1n) is 5.54. The Balaban J connectivity index is 2.21. The van der Waals surface area contributed by atoms with Gasteiger partial charge in [0.15, 0.2) is 5.75 Å². The van der Waals surface area contributed by atoms with E-state index in [-0.39, 0.29) is 11.7 Å². The highest BCUT2D eigenvalue weighted by Gasteiger charge is 2.20. The summed E-state index contributed by atoms with van der Waals surface area (Å²) in [5, 5.41) is 9.08. The molecule has 1 aliphatic rings. The summed E-state index contributed by atoms with van der Waals surface area (Å²) in [6.07, 6.45) is 1.97. The van der Waals surface area contributed by atoms with Gasteiger partial charge in [-0.25, -0.2) is 4.79 Å². The molecule has 0 radical (unpaired) electrons. The standard InChI is InChI=1S/C12H15NO3S/c13-10-3-1-2-9(12(14)15)11(10)16-8-4-6-17-7-5-8/h1-3,8H,4-7,13H2,(H,14,15). The number of carboxylic acids is 1. The lowest BCUT2D eigenvalue weighted by Gasteiger charge is -2.24. The molecule has 1 fully saturated rings. The monoisotopic (exact) mass is 253 g/mol. The highest BCUT2D eigenvalue weighted by atomic mass is 32.2. The first-order chi connectivity index (χ1) is 8.18. The van der Waals surface area contributed by atoms with Crippen LogP contribution in [-0.4, -0.2) is 28.7 Å². The maximum Gasteiger partial charge on any atom is 0.339 e. The molecule has 0 aromatic heterocycles. The largest absolute Gasteiger partial charge is 0.487 e. The third-order valence-corrected chi connectivity index (χ3v) is 3.78. The Morgan fingerprint density at radius 2 is 2.12 bits per heavy atom. The summed E-state index contributed by atoms with van der Waals surface area (Å²) in [7, 11) is 0. The van der Waals surface area contributed by atoms with E-state index in [1.54, 1.807) is 12.1 Å². The summed E-state index contributed by atoms with van der Waals surface area (Å²) in [4.78, 5) is 11.1. The van der Waals surface area contributed by atoms with Gasteiger partial charge >= 0.3 is 5.97 Å². The molecule has 0 saturated carbocycles. The number of hydrogen-bond acceptors (Lipinski definition) is 4. The van der Waals surface area contributed by atoms with E-state index in [1.807, 2.05) is 11.8 Å². The summed E-state index contributed by atoms with van der Waals surface area (Å²) in [5.41, 5.74) is 6.32. The quantitative estimate of drug-likeness (QED) is 0.808. The number of benzene rings is 1. The highest BCUT2D eigenvalue weighted by molar-refractivity contribution is 7.99. The molecule has 0 amide bonds. The maximum atomic E-state index is 11.1. The lowest BCUT2D eigenvalue weighted by atomic mass is 10.1. The fourth-order valence-electron chi connectivity index (χ4n) is 1.82. The van der Waals surface area contributed by atoms with E-state index in [4.69, 9.17) is 15.6 Å². The molecule has 1 saturated heterocycles. The van der Waals surface area contributed by atoms with E-state index in [9.17, 15) is 4.79 Å². The van der Waals surface area contributed by atoms with Crippen molar-refractivity contribution in [2.24, 2.45) is 0 Å². The third kappa shape index (κ3) is 2.85. The van der Waals surface area contributed by atoms with Gasteiger partial charge in [-0.1, -0.05) is 6.07 Å². The SMILES string of the molecule is Nc1cccc(C(=O)O)c1OC1CCSCC1. The summed E-state index contributed by atoms with van der Waals surface area (Å²) >= 11 is 1.90. The number of aromatic carboxylic acids is 1. The van der Waals surface area contributed by atoms with Gasteiger partial charge in [0.2, 0.25) is 0 Å². The number of carbonyl (C=O) groups is 1. The number of thioether (sulfide) groups is 1. The van der Waals surface area contributed by atoms with Crippen LogP contribution in [0.3, 0.4) is 0 Å². The van der Waals surface area contributed by atoms with Gasteiger partial charge in [0.1, 0.15) is 11.7 Å².